The quantitative estimate of drug-likeness (QED) is 0.920. The van der Waals surface area contributed by atoms with Gasteiger partial charge in [-0.3, -0.25) is 9.37 Å². The number of benzene rings is 1. The molecule has 2 aromatic rings. The molecule has 1 aromatic heterocycles. The van der Waals surface area contributed by atoms with Gasteiger partial charge in [0.2, 0.25) is 0 Å². The number of hydrogen-bond donors (Lipinski definition) is 1. The summed E-state index contributed by atoms with van der Waals surface area (Å²) in [4.78, 5) is 17.4. The van der Waals surface area contributed by atoms with Gasteiger partial charge in [0.05, 0.1) is 17.8 Å². The summed E-state index contributed by atoms with van der Waals surface area (Å²) < 4.78 is 12.4. The molecule has 19 heavy (non-hydrogen) atoms. The fourth-order valence-corrected chi connectivity index (χ4v) is 2.40. The first-order valence-corrected chi connectivity index (χ1v) is 6.12. The number of fused-ring (bicyclic) bond motifs is 1. The fourth-order valence-electron chi connectivity index (χ4n) is 2.40. The Balaban J connectivity index is 2.00. The molecule has 1 fully saturated rings. The molecule has 1 saturated heterocycles. The minimum absolute atomic E-state index is 0.100. The van der Waals surface area contributed by atoms with Crippen LogP contribution in [-0.4, -0.2) is 35.8 Å². The number of rotatable bonds is 3. The maximum atomic E-state index is 12.4. The molecule has 0 atom stereocenters. The molecule has 1 N–H and O–H groups in total. The zero-order valence-electron chi connectivity index (χ0n) is 10.2. The number of halogens is 1. The van der Waals surface area contributed by atoms with Crippen molar-refractivity contribution in [2.75, 3.05) is 24.7 Å². The van der Waals surface area contributed by atoms with Crippen molar-refractivity contribution in [3.8, 4) is 0 Å². The number of pyridine rings is 1. The van der Waals surface area contributed by atoms with Crippen LogP contribution in [0.1, 0.15) is 10.4 Å². The minimum atomic E-state index is -0.963. The van der Waals surface area contributed by atoms with Crippen LogP contribution in [0, 0.1) is 5.92 Å². The molecule has 0 radical (unpaired) electrons. The Bertz CT molecular complexity index is 638. The third-order valence-corrected chi connectivity index (χ3v) is 3.50. The van der Waals surface area contributed by atoms with E-state index >= 15 is 0 Å². The second kappa shape index (κ2) is 4.50. The lowest BCUT2D eigenvalue weighted by molar-refractivity contribution is 0.0699. The molecule has 98 valence electrons. The van der Waals surface area contributed by atoms with E-state index in [1.54, 1.807) is 6.07 Å². The maximum absolute atomic E-state index is 12.4. The number of aromatic nitrogens is 1. The smallest absolute Gasteiger partial charge is 0.336 e. The number of carboxylic acid groups (broad SMARTS) is 1. The zero-order valence-corrected chi connectivity index (χ0v) is 10.2. The largest absolute Gasteiger partial charge is 0.478 e. The van der Waals surface area contributed by atoms with E-state index < -0.39 is 5.97 Å². The van der Waals surface area contributed by atoms with Gasteiger partial charge in [-0.1, -0.05) is 0 Å². The number of carboxylic acids is 1. The van der Waals surface area contributed by atoms with Crippen LogP contribution in [0.15, 0.2) is 30.5 Å². The first-order chi connectivity index (χ1) is 9.19. The van der Waals surface area contributed by atoms with Gasteiger partial charge in [0.1, 0.15) is 0 Å². The molecule has 0 saturated carbocycles. The van der Waals surface area contributed by atoms with Crippen LogP contribution >= 0.6 is 0 Å². The van der Waals surface area contributed by atoms with Crippen molar-refractivity contribution in [1.82, 2.24) is 4.98 Å². The van der Waals surface area contributed by atoms with Gasteiger partial charge < -0.3 is 10.0 Å². The second-order valence-corrected chi connectivity index (χ2v) is 4.79. The van der Waals surface area contributed by atoms with Gasteiger partial charge in [-0.05, 0) is 24.3 Å². The van der Waals surface area contributed by atoms with Crippen LogP contribution in [0.2, 0.25) is 0 Å². The summed E-state index contributed by atoms with van der Waals surface area (Å²) in [5, 5.41) is 9.79. The number of alkyl halides is 1. The van der Waals surface area contributed by atoms with E-state index in [1.807, 2.05) is 17.0 Å². The lowest BCUT2D eigenvalue weighted by atomic mass is 10.00. The van der Waals surface area contributed by atoms with Gasteiger partial charge in [0, 0.05) is 36.3 Å². The summed E-state index contributed by atoms with van der Waals surface area (Å²) in [5.41, 5.74) is 1.83. The fraction of sp³-hybridized carbons (Fsp3) is 0.286. The molecule has 5 heteroatoms. The predicted molar refractivity (Wildman–Crippen MR) is 70.4 cm³/mol. The van der Waals surface area contributed by atoms with Gasteiger partial charge >= 0.3 is 5.97 Å². The summed E-state index contributed by atoms with van der Waals surface area (Å²) >= 11 is 0. The average molecular weight is 260 g/mol. The lowest BCUT2D eigenvalue weighted by Crippen LogP contribution is -2.47. The van der Waals surface area contributed by atoms with E-state index in [2.05, 4.69) is 4.98 Å². The van der Waals surface area contributed by atoms with Crippen LogP contribution in [0.3, 0.4) is 0 Å². The second-order valence-electron chi connectivity index (χ2n) is 4.79. The molecule has 2 heterocycles. The number of aromatic carboxylic acids is 1. The molecule has 1 aliphatic heterocycles. The van der Waals surface area contributed by atoms with Gasteiger partial charge in [-0.2, -0.15) is 0 Å². The minimum Gasteiger partial charge on any atom is -0.478 e. The van der Waals surface area contributed by atoms with Gasteiger partial charge in [0.15, 0.2) is 0 Å². The number of nitrogens with zero attached hydrogens (tertiary/aromatic N) is 2. The molecule has 0 spiro atoms. The third-order valence-electron chi connectivity index (χ3n) is 3.50. The van der Waals surface area contributed by atoms with Crippen molar-refractivity contribution < 1.29 is 14.3 Å². The number of carbonyl (C=O) groups is 1. The highest BCUT2D eigenvalue weighted by atomic mass is 19.1. The van der Waals surface area contributed by atoms with Gasteiger partial charge in [0.25, 0.3) is 0 Å². The van der Waals surface area contributed by atoms with Crippen LogP contribution in [-0.2, 0) is 0 Å². The summed E-state index contributed by atoms with van der Waals surface area (Å²) in [7, 11) is 0. The van der Waals surface area contributed by atoms with Crippen molar-refractivity contribution in [3.05, 3.63) is 36.0 Å². The Hall–Kier alpha value is -2.17. The molecule has 3 rings (SSSR count). The van der Waals surface area contributed by atoms with Crippen molar-refractivity contribution in [1.29, 1.82) is 0 Å². The monoisotopic (exact) mass is 260 g/mol. The van der Waals surface area contributed by atoms with E-state index in [4.69, 9.17) is 0 Å². The normalized spacial score (nSPS) is 15.5. The average Bonchev–Trinajstić information content (AvgIpc) is 2.36. The summed E-state index contributed by atoms with van der Waals surface area (Å²) in [6.07, 6.45) is 1.49. The van der Waals surface area contributed by atoms with E-state index in [0.29, 0.717) is 24.0 Å². The van der Waals surface area contributed by atoms with Crippen LogP contribution in [0.4, 0.5) is 10.1 Å². The molecular weight excluding hydrogens is 247 g/mol. The van der Waals surface area contributed by atoms with E-state index in [1.165, 1.54) is 12.3 Å². The Labute approximate surface area is 109 Å². The summed E-state index contributed by atoms with van der Waals surface area (Å²) in [5.74, 6) is -0.863. The van der Waals surface area contributed by atoms with Crippen molar-refractivity contribution in [2.45, 2.75) is 0 Å². The standard InChI is InChI=1S/C14H13FN2O2/c15-6-9-7-17(8-9)10-1-2-13-12(5-10)11(14(18)19)3-4-16-13/h1-5,9H,6-8H2,(H,18,19). The molecule has 4 nitrogen and oxygen atoms in total. The SMILES string of the molecule is O=C(O)c1ccnc2ccc(N3CC(CF)C3)cc12. The topological polar surface area (TPSA) is 53.4 Å². The van der Waals surface area contributed by atoms with Gasteiger partial charge in [-0.25, -0.2) is 4.79 Å². The molecule has 0 amide bonds. The molecule has 0 bridgehead atoms. The summed E-state index contributed by atoms with van der Waals surface area (Å²) in [6, 6.07) is 7.02. The number of anilines is 1. The Morgan fingerprint density at radius 1 is 1.42 bits per heavy atom. The first kappa shape index (κ1) is 11.9. The lowest BCUT2D eigenvalue weighted by Gasteiger charge is -2.39. The van der Waals surface area contributed by atoms with Crippen molar-refractivity contribution in [2.24, 2.45) is 5.92 Å². The molecule has 1 aliphatic rings. The van der Waals surface area contributed by atoms with E-state index in [0.717, 1.165) is 5.69 Å². The Kier molecular flexibility index (Phi) is 2.81. The third kappa shape index (κ3) is 2.01. The molecule has 1 aromatic carbocycles. The zero-order chi connectivity index (χ0) is 13.4. The van der Waals surface area contributed by atoms with Gasteiger partial charge in [-0.15, -0.1) is 0 Å². The van der Waals surface area contributed by atoms with Crippen LogP contribution in [0.25, 0.3) is 10.9 Å². The maximum Gasteiger partial charge on any atom is 0.336 e. The highest BCUT2D eigenvalue weighted by Crippen LogP contribution is 2.28. The molecule has 0 aliphatic carbocycles. The van der Waals surface area contributed by atoms with Crippen LogP contribution < -0.4 is 4.90 Å². The summed E-state index contributed by atoms with van der Waals surface area (Å²) in [6.45, 7) is 1.07. The highest BCUT2D eigenvalue weighted by Gasteiger charge is 2.27. The Morgan fingerprint density at radius 2 is 2.21 bits per heavy atom. The van der Waals surface area contributed by atoms with E-state index in [-0.39, 0.29) is 18.2 Å². The first-order valence-electron chi connectivity index (χ1n) is 6.12. The molecular formula is C14H13FN2O2. The highest BCUT2D eigenvalue weighted by molar-refractivity contribution is 6.03. The van der Waals surface area contributed by atoms with E-state index in [9.17, 15) is 14.3 Å². The van der Waals surface area contributed by atoms with Crippen LogP contribution in [0.5, 0.6) is 0 Å². The number of hydrogen-bond acceptors (Lipinski definition) is 3. The van der Waals surface area contributed by atoms with Crippen molar-refractivity contribution in [3.63, 3.8) is 0 Å². The van der Waals surface area contributed by atoms with Crippen molar-refractivity contribution >= 4 is 22.6 Å². The predicted octanol–water partition coefficient (Wildman–Crippen LogP) is 2.34. The molecule has 0 unspecified atom stereocenters. The Morgan fingerprint density at radius 3 is 2.89 bits per heavy atom.